The molecule has 4 aliphatic rings. The third-order valence-corrected chi connectivity index (χ3v) is 8.69. The number of nitrogens with zero attached hydrogens (tertiary/aromatic N) is 1. The second-order valence-electron chi connectivity index (χ2n) is 9.31. The second-order valence-corrected chi connectivity index (χ2v) is 11.3. The molecule has 0 spiro atoms. The van der Waals surface area contributed by atoms with Gasteiger partial charge in [-0.15, -0.1) is 0 Å². The molecule has 9 nitrogen and oxygen atoms in total. The molecule has 2 saturated carbocycles. The largest absolute Gasteiger partial charge is 0.339 e. The number of hydrogen-bond donors (Lipinski definition) is 3. The molecule has 10 heteroatoms. The number of nitrogens with two attached hydrogens (primary N) is 1. The van der Waals surface area contributed by atoms with Crippen molar-refractivity contribution in [1.29, 1.82) is 0 Å². The lowest BCUT2D eigenvalue weighted by molar-refractivity contribution is -0.140. The molecule has 0 bridgehead atoms. The summed E-state index contributed by atoms with van der Waals surface area (Å²) >= 11 is 0. The number of carbonyl (C=O) groups is 3. The Morgan fingerprint density at radius 1 is 1.13 bits per heavy atom. The zero-order chi connectivity index (χ0) is 22.2. The van der Waals surface area contributed by atoms with E-state index in [9.17, 15) is 22.8 Å². The van der Waals surface area contributed by atoms with Gasteiger partial charge in [0.25, 0.3) is 5.91 Å². The van der Waals surface area contributed by atoms with Crippen molar-refractivity contribution in [2.75, 3.05) is 6.54 Å². The van der Waals surface area contributed by atoms with Crippen LogP contribution in [0.5, 0.6) is 0 Å². The highest BCUT2D eigenvalue weighted by atomic mass is 32.2. The highest BCUT2D eigenvalue weighted by Crippen LogP contribution is 2.46. The summed E-state index contributed by atoms with van der Waals surface area (Å²) in [7, 11) is -3.72. The minimum atomic E-state index is -3.72. The van der Waals surface area contributed by atoms with Crippen LogP contribution in [-0.2, 0) is 24.4 Å². The van der Waals surface area contributed by atoms with Gasteiger partial charge in [-0.1, -0.05) is 25.0 Å². The van der Waals surface area contributed by atoms with E-state index in [2.05, 4.69) is 10.0 Å². The van der Waals surface area contributed by atoms with Gasteiger partial charge in [-0.25, -0.2) is 8.42 Å². The normalized spacial score (nSPS) is 34.7. The molecule has 3 fully saturated rings. The fraction of sp³-hybridized carbons (Fsp3) is 0.762. The lowest BCUT2D eigenvalue weighted by atomic mass is 10.1. The van der Waals surface area contributed by atoms with Crippen molar-refractivity contribution in [3.63, 3.8) is 0 Å². The van der Waals surface area contributed by atoms with Crippen LogP contribution in [0, 0.1) is 5.92 Å². The highest BCUT2D eigenvalue weighted by Gasteiger charge is 2.61. The number of fused-ring (bicyclic) bond motifs is 2. The third-order valence-electron chi connectivity index (χ3n) is 6.87. The molecule has 31 heavy (non-hydrogen) atoms. The van der Waals surface area contributed by atoms with E-state index in [1.807, 2.05) is 12.2 Å². The first-order chi connectivity index (χ1) is 14.7. The van der Waals surface area contributed by atoms with Crippen LogP contribution >= 0.6 is 0 Å². The standard InChI is InChI=1S/C21H32N4O5S/c22-16-8-5-3-1-2-4-7-14-13-21(14,20(28)24-31(29,30)15-10-11-15)23-18(26)17-9-6-12-25(17)19(16)27/h4,7,14-17H,1-3,5-6,8-13,22H2,(H,23,26)(H,24,28)/t14-,16+,17+,21-/m1/s1. The Morgan fingerprint density at radius 3 is 2.65 bits per heavy atom. The van der Waals surface area contributed by atoms with Crippen LogP contribution < -0.4 is 15.8 Å². The average Bonchev–Trinajstić information content (AvgIpc) is 3.63. The van der Waals surface area contributed by atoms with Crippen molar-refractivity contribution in [2.24, 2.45) is 11.7 Å². The van der Waals surface area contributed by atoms with Crippen LogP contribution in [0.3, 0.4) is 0 Å². The molecule has 4 atom stereocenters. The Hall–Kier alpha value is -1.94. The SMILES string of the molecule is N[C@H]1CCCCCC=C[C@@H]2C[C@@]2(C(=O)NS(=O)(=O)C2CC2)NC(=O)[C@@H]2CCCN2C1=O. The number of carbonyl (C=O) groups excluding carboxylic acids is 3. The van der Waals surface area contributed by atoms with Crippen molar-refractivity contribution in [3.8, 4) is 0 Å². The first-order valence-electron chi connectivity index (χ1n) is 11.4. The molecule has 3 amide bonds. The summed E-state index contributed by atoms with van der Waals surface area (Å²) in [4.78, 5) is 40.5. The van der Waals surface area contributed by atoms with E-state index in [4.69, 9.17) is 5.73 Å². The monoisotopic (exact) mass is 452 g/mol. The van der Waals surface area contributed by atoms with Crippen LogP contribution in [-0.4, -0.2) is 60.5 Å². The summed E-state index contributed by atoms with van der Waals surface area (Å²) in [5.41, 5.74) is 4.82. The summed E-state index contributed by atoms with van der Waals surface area (Å²) in [6.45, 7) is 0.462. The van der Waals surface area contributed by atoms with Gasteiger partial charge in [0.15, 0.2) is 0 Å². The van der Waals surface area contributed by atoms with E-state index in [-0.39, 0.29) is 11.8 Å². The van der Waals surface area contributed by atoms with Crippen LogP contribution in [0.15, 0.2) is 12.2 Å². The Balaban J connectivity index is 1.56. The molecule has 0 aromatic heterocycles. The molecule has 4 N–H and O–H groups in total. The molecule has 4 rings (SSSR count). The Labute approximate surface area is 183 Å². The molecule has 0 aromatic carbocycles. The first kappa shape index (κ1) is 22.3. The molecule has 0 aromatic rings. The van der Waals surface area contributed by atoms with Crippen molar-refractivity contribution < 1.29 is 22.8 Å². The van der Waals surface area contributed by atoms with Crippen LogP contribution in [0.2, 0.25) is 0 Å². The zero-order valence-electron chi connectivity index (χ0n) is 17.7. The van der Waals surface area contributed by atoms with Crippen molar-refractivity contribution >= 4 is 27.7 Å². The van der Waals surface area contributed by atoms with Crippen molar-refractivity contribution in [2.45, 2.75) is 87.1 Å². The van der Waals surface area contributed by atoms with Gasteiger partial charge in [-0.05, 0) is 51.4 Å². The quantitative estimate of drug-likeness (QED) is 0.527. The molecular formula is C21H32N4O5S. The van der Waals surface area contributed by atoms with E-state index in [1.165, 1.54) is 4.90 Å². The summed E-state index contributed by atoms with van der Waals surface area (Å²) in [6, 6.07) is -1.32. The topological polar surface area (TPSA) is 139 Å². The number of nitrogens with one attached hydrogen (secondary N) is 2. The molecule has 0 unspecified atom stereocenters. The van der Waals surface area contributed by atoms with Gasteiger partial charge in [-0.2, -0.15) is 0 Å². The van der Waals surface area contributed by atoms with Gasteiger partial charge in [0.05, 0.1) is 11.3 Å². The summed E-state index contributed by atoms with van der Waals surface area (Å²) in [6.07, 6.45) is 10.7. The number of hydrogen-bond acceptors (Lipinski definition) is 6. The van der Waals surface area contributed by atoms with Gasteiger partial charge in [-0.3, -0.25) is 19.1 Å². The Bertz CT molecular complexity index is 884. The minimum absolute atomic E-state index is 0.229. The van der Waals surface area contributed by atoms with E-state index >= 15 is 0 Å². The smallest absolute Gasteiger partial charge is 0.259 e. The number of amides is 3. The molecule has 1 saturated heterocycles. The van der Waals surface area contributed by atoms with Gasteiger partial charge in [0.2, 0.25) is 21.8 Å². The van der Waals surface area contributed by atoms with Crippen molar-refractivity contribution in [1.82, 2.24) is 14.9 Å². The predicted octanol–water partition coefficient (Wildman–Crippen LogP) is 0.308. The molecule has 2 aliphatic carbocycles. The second kappa shape index (κ2) is 8.54. The number of sulfonamides is 1. The maximum absolute atomic E-state index is 13.1. The van der Waals surface area contributed by atoms with Crippen LogP contribution in [0.4, 0.5) is 0 Å². The van der Waals surface area contributed by atoms with Crippen molar-refractivity contribution in [3.05, 3.63) is 12.2 Å². The average molecular weight is 453 g/mol. The molecular weight excluding hydrogens is 420 g/mol. The molecule has 2 heterocycles. The van der Waals surface area contributed by atoms with E-state index in [0.29, 0.717) is 45.1 Å². The zero-order valence-corrected chi connectivity index (χ0v) is 18.5. The van der Waals surface area contributed by atoms with Gasteiger partial charge in [0.1, 0.15) is 11.6 Å². The third kappa shape index (κ3) is 4.64. The van der Waals surface area contributed by atoms with Crippen LogP contribution in [0.25, 0.3) is 0 Å². The molecule has 0 radical (unpaired) electrons. The number of rotatable bonds is 3. The maximum atomic E-state index is 13.1. The summed E-state index contributed by atoms with van der Waals surface area (Å²) in [5.74, 6) is -1.58. The molecule has 172 valence electrons. The first-order valence-corrected chi connectivity index (χ1v) is 12.9. The Morgan fingerprint density at radius 2 is 1.90 bits per heavy atom. The minimum Gasteiger partial charge on any atom is -0.339 e. The summed E-state index contributed by atoms with van der Waals surface area (Å²) < 4.78 is 26.8. The van der Waals surface area contributed by atoms with E-state index in [0.717, 1.165) is 25.7 Å². The lowest BCUT2D eigenvalue weighted by Gasteiger charge is -2.28. The number of allylic oxidation sites excluding steroid dienone is 1. The Kier molecular flexibility index (Phi) is 6.13. The summed E-state index contributed by atoms with van der Waals surface area (Å²) in [5, 5.41) is 2.30. The van der Waals surface area contributed by atoms with E-state index in [1.54, 1.807) is 0 Å². The predicted molar refractivity (Wildman–Crippen MR) is 114 cm³/mol. The fourth-order valence-corrected chi connectivity index (χ4v) is 6.03. The lowest BCUT2D eigenvalue weighted by Crippen LogP contribution is -2.57. The van der Waals surface area contributed by atoms with Gasteiger partial charge >= 0.3 is 0 Å². The van der Waals surface area contributed by atoms with E-state index < -0.39 is 44.7 Å². The van der Waals surface area contributed by atoms with Gasteiger partial charge < -0.3 is 16.0 Å². The fourth-order valence-electron chi connectivity index (χ4n) is 4.67. The van der Waals surface area contributed by atoms with Gasteiger partial charge in [0, 0.05) is 12.5 Å². The molecule has 2 aliphatic heterocycles. The highest BCUT2D eigenvalue weighted by molar-refractivity contribution is 7.91. The van der Waals surface area contributed by atoms with Crippen LogP contribution in [0.1, 0.15) is 64.2 Å². The maximum Gasteiger partial charge on any atom is 0.259 e.